The van der Waals surface area contributed by atoms with Gasteiger partial charge in [-0.2, -0.15) is 0 Å². The zero-order valence-corrected chi connectivity index (χ0v) is 10.1. The monoisotopic (exact) mass is 231 g/mol. The summed E-state index contributed by atoms with van der Waals surface area (Å²) in [4.78, 5) is 21.6. The molecule has 0 rings (SSSR count). The number of carbonyl (C=O) groups is 2. The lowest BCUT2D eigenvalue weighted by Crippen LogP contribution is -2.43. The van der Waals surface area contributed by atoms with Crippen LogP contribution in [-0.2, 0) is 9.59 Å². The molecule has 2 atom stereocenters. The number of amides is 1. The molecule has 0 bridgehead atoms. The van der Waals surface area contributed by atoms with Crippen molar-refractivity contribution in [2.75, 3.05) is 0 Å². The minimum absolute atomic E-state index is 0.00542. The van der Waals surface area contributed by atoms with Gasteiger partial charge < -0.3 is 15.5 Å². The van der Waals surface area contributed by atoms with E-state index >= 15 is 0 Å². The molecule has 0 aromatic rings. The fourth-order valence-corrected chi connectivity index (χ4v) is 1.39. The molecule has 1 amide bonds. The number of carbonyl (C=O) groups excluding carboxylic acids is 1. The molecular weight excluding hydrogens is 210 g/mol. The van der Waals surface area contributed by atoms with E-state index in [0.29, 0.717) is 6.42 Å². The molecule has 0 aromatic heterocycles. The van der Waals surface area contributed by atoms with E-state index in [1.807, 2.05) is 13.8 Å². The van der Waals surface area contributed by atoms with Crippen molar-refractivity contribution in [2.24, 2.45) is 5.92 Å². The van der Waals surface area contributed by atoms with Crippen LogP contribution in [0.3, 0.4) is 0 Å². The van der Waals surface area contributed by atoms with Gasteiger partial charge in [0.05, 0.1) is 12.1 Å². The standard InChI is InChI=1S/C11H21NO4/c1-7(2)11(16)8(3)12-9(13)5-4-6-10(14)15/h7-8,11,16H,4-6H2,1-3H3,(H,12,13)(H,14,15)/t8-,11?/m0/s1. The molecule has 0 aliphatic rings. The van der Waals surface area contributed by atoms with E-state index in [-0.39, 0.29) is 30.7 Å². The minimum Gasteiger partial charge on any atom is -0.481 e. The van der Waals surface area contributed by atoms with Gasteiger partial charge in [-0.15, -0.1) is 0 Å². The quantitative estimate of drug-likeness (QED) is 0.604. The maximum atomic E-state index is 11.3. The molecule has 5 nitrogen and oxygen atoms in total. The molecular formula is C11H21NO4. The number of aliphatic carboxylic acids is 1. The summed E-state index contributed by atoms with van der Waals surface area (Å²) in [6, 6.07) is -0.308. The first-order valence-corrected chi connectivity index (χ1v) is 5.53. The Labute approximate surface area is 95.9 Å². The van der Waals surface area contributed by atoms with Crippen LogP contribution in [0.5, 0.6) is 0 Å². The Morgan fingerprint density at radius 2 is 1.75 bits per heavy atom. The first-order valence-electron chi connectivity index (χ1n) is 5.53. The van der Waals surface area contributed by atoms with Crippen LogP contribution in [0.4, 0.5) is 0 Å². The largest absolute Gasteiger partial charge is 0.481 e. The number of nitrogens with one attached hydrogen (secondary N) is 1. The molecule has 0 fully saturated rings. The molecule has 1 unspecified atom stereocenters. The lowest BCUT2D eigenvalue weighted by molar-refractivity contribution is -0.137. The van der Waals surface area contributed by atoms with E-state index in [9.17, 15) is 14.7 Å². The first-order chi connectivity index (χ1) is 7.34. The third-order valence-corrected chi connectivity index (χ3v) is 2.38. The maximum Gasteiger partial charge on any atom is 0.303 e. The summed E-state index contributed by atoms with van der Waals surface area (Å²) in [6.07, 6.45) is -0.0785. The topological polar surface area (TPSA) is 86.6 Å². The van der Waals surface area contributed by atoms with Crippen LogP contribution in [0.1, 0.15) is 40.0 Å². The van der Waals surface area contributed by atoms with Crippen LogP contribution in [-0.4, -0.2) is 34.2 Å². The third kappa shape index (κ3) is 6.40. The summed E-state index contributed by atoms with van der Waals surface area (Å²) in [5.41, 5.74) is 0. The van der Waals surface area contributed by atoms with Gasteiger partial charge in [0.15, 0.2) is 0 Å². The fraction of sp³-hybridized carbons (Fsp3) is 0.818. The Kier molecular flexibility index (Phi) is 6.72. The van der Waals surface area contributed by atoms with Gasteiger partial charge in [0.2, 0.25) is 5.91 Å². The van der Waals surface area contributed by atoms with Crippen molar-refractivity contribution in [3.8, 4) is 0 Å². The van der Waals surface area contributed by atoms with Gasteiger partial charge in [-0.1, -0.05) is 13.8 Å². The van der Waals surface area contributed by atoms with Crippen LogP contribution in [0.15, 0.2) is 0 Å². The van der Waals surface area contributed by atoms with E-state index in [1.54, 1.807) is 6.92 Å². The van der Waals surface area contributed by atoms with Gasteiger partial charge in [0.25, 0.3) is 0 Å². The van der Waals surface area contributed by atoms with Gasteiger partial charge >= 0.3 is 5.97 Å². The van der Waals surface area contributed by atoms with Crippen molar-refractivity contribution in [1.82, 2.24) is 5.32 Å². The fourth-order valence-electron chi connectivity index (χ4n) is 1.39. The lowest BCUT2D eigenvalue weighted by Gasteiger charge is -2.23. The van der Waals surface area contributed by atoms with E-state index in [4.69, 9.17) is 5.11 Å². The van der Waals surface area contributed by atoms with Gasteiger partial charge in [0, 0.05) is 12.8 Å². The highest BCUT2D eigenvalue weighted by molar-refractivity contribution is 5.77. The van der Waals surface area contributed by atoms with Crippen molar-refractivity contribution in [3.05, 3.63) is 0 Å². The van der Waals surface area contributed by atoms with Gasteiger partial charge in [-0.3, -0.25) is 9.59 Å². The lowest BCUT2D eigenvalue weighted by atomic mass is 10.0. The molecule has 0 radical (unpaired) electrons. The van der Waals surface area contributed by atoms with Crippen molar-refractivity contribution in [3.63, 3.8) is 0 Å². The smallest absolute Gasteiger partial charge is 0.303 e. The van der Waals surface area contributed by atoms with Crippen molar-refractivity contribution in [2.45, 2.75) is 52.2 Å². The molecule has 16 heavy (non-hydrogen) atoms. The predicted octanol–water partition coefficient (Wildman–Crippen LogP) is 0.763. The van der Waals surface area contributed by atoms with E-state index in [0.717, 1.165) is 0 Å². The molecule has 94 valence electrons. The summed E-state index contributed by atoms with van der Waals surface area (Å²) in [6.45, 7) is 5.48. The van der Waals surface area contributed by atoms with Crippen LogP contribution in [0.25, 0.3) is 0 Å². The molecule has 3 N–H and O–H groups in total. The molecule has 0 aliphatic heterocycles. The van der Waals surface area contributed by atoms with E-state index in [1.165, 1.54) is 0 Å². The van der Waals surface area contributed by atoms with Crippen LogP contribution < -0.4 is 5.32 Å². The molecule has 0 saturated carbocycles. The van der Waals surface area contributed by atoms with Crippen molar-refractivity contribution in [1.29, 1.82) is 0 Å². The van der Waals surface area contributed by atoms with Crippen molar-refractivity contribution < 1.29 is 19.8 Å². The number of hydrogen-bond donors (Lipinski definition) is 3. The molecule has 0 aliphatic carbocycles. The molecule has 0 saturated heterocycles. The maximum absolute atomic E-state index is 11.3. The van der Waals surface area contributed by atoms with Gasteiger partial charge in [0.1, 0.15) is 0 Å². The summed E-state index contributed by atoms with van der Waals surface area (Å²) in [7, 11) is 0. The number of rotatable bonds is 7. The number of aliphatic hydroxyl groups excluding tert-OH is 1. The SMILES string of the molecule is CC(C)C(O)[C@H](C)NC(=O)CCCC(=O)O. The predicted molar refractivity (Wildman–Crippen MR) is 59.9 cm³/mol. The number of carboxylic acid groups (broad SMARTS) is 1. The Morgan fingerprint density at radius 1 is 1.19 bits per heavy atom. The first kappa shape index (κ1) is 14.9. The van der Waals surface area contributed by atoms with E-state index in [2.05, 4.69) is 5.32 Å². The highest BCUT2D eigenvalue weighted by atomic mass is 16.4. The number of aliphatic hydroxyl groups is 1. The minimum atomic E-state index is -0.900. The van der Waals surface area contributed by atoms with Gasteiger partial charge in [-0.25, -0.2) is 0 Å². The van der Waals surface area contributed by atoms with Crippen LogP contribution >= 0.6 is 0 Å². The molecule has 0 heterocycles. The Bertz CT molecular complexity index is 240. The third-order valence-electron chi connectivity index (χ3n) is 2.38. The zero-order valence-electron chi connectivity index (χ0n) is 10.1. The Hall–Kier alpha value is -1.10. The number of carboxylic acids is 1. The second-order valence-corrected chi connectivity index (χ2v) is 4.34. The average molecular weight is 231 g/mol. The zero-order chi connectivity index (χ0) is 12.7. The van der Waals surface area contributed by atoms with E-state index < -0.39 is 12.1 Å². The second-order valence-electron chi connectivity index (χ2n) is 4.34. The highest BCUT2D eigenvalue weighted by Gasteiger charge is 2.19. The Balaban J connectivity index is 3.82. The molecule has 5 heteroatoms. The van der Waals surface area contributed by atoms with Crippen molar-refractivity contribution >= 4 is 11.9 Å². The van der Waals surface area contributed by atoms with Gasteiger partial charge in [-0.05, 0) is 19.3 Å². The summed E-state index contributed by atoms with van der Waals surface area (Å²) < 4.78 is 0. The Morgan fingerprint density at radius 3 is 2.19 bits per heavy atom. The molecule has 0 spiro atoms. The summed E-state index contributed by atoms with van der Waals surface area (Å²) in [5.74, 6) is -1.04. The summed E-state index contributed by atoms with van der Waals surface area (Å²) in [5, 5.41) is 20.7. The van der Waals surface area contributed by atoms with Crippen LogP contribution in [0.2, 0.25) is 0 Å². The normalized spacial score (nSPS) is 14.6. The number of hydrogen-bond acceptors (Lipinski definition) is 3. The second kappa shape index (κ2) is 7.22. The van der Waals surface area contributed by atoms with Crippen LogP contribution in [0, 0.1) is 5.92 Å². The summed E-state index contributed by atoms with van der Waals surface area (Å²) >= 11 is 0. The highest BCUT2D eigenvalue weighted by Crippen LogP contribution is 2.06. The molecule has 0 aromatic carbocycles. The average Bonchev–Trinajstić information content (AvgIpc) is 2.15.